The second-order valence-corrected chi connectivity index (χ2v) is 4.88. The first-order valence-electron chi connectivity index (χ1n) is 6.67. The average molecular weight is 491 g/mol. The molecule has 0 bridgehead atoms. The maximum Gasteiger partial charge on any atom is 0.381 e. The minimum absolute atomic E-state index is 0. The largest absolute Gasteiger partial charge is 0.381 e. The SMILES string of the molecule is [CH]Cc1cc2ccccc2c(-c2[c-]cc(C(F)(F)F)cc2)n1.[Ir]. The van der Waals surface area contributed by atoms with Crippen molar-refractivity contribution in [3.8, 4) is 11.3 Å². The molecular formula is C18H11F3IrN-. The summed E-state index contributed by atoms with van der Waals surface area (Å²) >= 11 is 0. The second-order valence-electron chi connectivity index (χ2n) is 4.88. The van der Waals surface area contributed by atoms with Gasteiger partial charge in [0.05, 0.1) is 0 Å². The van der Waals surface area contributed by atoms with Crippen LogP contribution in [0.2, 0.25) is 0 Å². The fourth-order valence-corrected chi connectivity index (χ4v) is 2.31. The maximum atomic E-state index is 12.6. The topological polar surface area (TPSA) is 12.9 Å². The standard InChI is InChI=1S/C18H11F3N.Ir/c1-2-15-11-13-5-3-4-6-16(13)17(22-15)12-7-9-14(10-8-12)18(19,20)21;/h1,3-7,9-11H,2H2;/q-1;. The van der Waals surface area contributed by atoms with Crippen LogP contribution in [0.1, 0.15) is 11.3 Å². The molecule has 3 rings (SSSR count). The molecule has 0 atom stereocenters. The summed E-state index contributed by atoms with van der Waals surface area (Å²) in [6, 6.07) is 15.5. The molecule has 0 spiro atoms. The summed E-state index contributed by atoms with van der Waals surface area (Å²) in [6.07, 6.45) is -4.11. The quantitative estimate of drug-likeness (QED) is 0.463. The van der Waals surface area contributed by atoms with Gasteiger partial charge in [-0.15, -0.1) is 29.8 Å². The van der Waals surface area contributed by atoms with Gasteiger partial charge in [-0.3, -0.25) is 0 Å². The Bertz CT molecular complexity index is 811. The number of alkyl halides is 3. The molecule has 0 aliphatic carbocycles. The number of fused-ring (bicyclic) bond motifs is 1. The molecule has 2 aromatic carbocycles. The van der Waals surface area contributed by atoms with Crippen molar-refractivity contribution in [3.05, 3.63) is 72.8 Å². The first kappa shape index (κ1) is 17.6. The Morgan fingerprint density at radius 2 is 1.83 bits per heavy atom. The van der Waals surface area contributed by atoms with Crippen LogP contribution < -0.4 is 0 Å². The number of nitrogens with zero attached hydrogens (tertiary/aromatic N) is 1. The number of rotatable bonds is 2. The van der Waals surface area contributed by atoms with E-state index in [1.165, 1.54) is 6.07 Å². The summed E-state index contributed by atoms with van der Waals surface area (Å²) in [7, 11) is 0. The van der Waals surface area contributed by atoms with Gasteiger partial charge >= 0.3 is 6.18 Å². The van der Waals surface area contributed by atoms with Crippen LogP contribution in [0.25, 0.3) is 22.0 Å². The molecule has 5 heteroatoms. The Hall–Kier alpha value is -1.71. The predicted octanol–water partition coefficient (Wildman–Crippen LogP) is 4.97. The Labute approximate surface area is 145 Å². The molecule has 3 aromatic rings. The summed E-state index contributed by atoms with van der Waals surface area (Å²) < 4.78 is 37.9. The summed E-state index contributed by atoms with van der Waals surface area (Å²) in [5.41, 5.74) is 1.06. The molecular weight excluding hydrogens is 479 g/mol. The van der Waals surface area contributed by atoms with E-state index in [1.54, 1.807) is 0 Å². The van der Waals surface area contributed by atoms with E-state index >= 15 is 0 Å². The molecule has 0 fully saturated rings. The van der Waals surface area contributed by atoms with Crippen molar-refractivity contribution >= 4 is 10.8 Å². The molecule has 0 N–H and O–H groups in total. The van der Waals surface area contributed by atoms with E-state index in [0.717, 1.165) is 22.9 Å². The van der Waals surface area contributed by atoms with Gasteiger partial charge in [0.1, 0.15) is 0 Å². The molecule has 1 heterocycles. The van der Waals surface area contributed by atoms with E-state index in [-0.39, 0.29) is 26.5 Å². The molecule has 0 unspecified atom stereocenters. The van der Waals surface area contributed by atoms with E-state index in [4.69, 9.17) is 6.92 Å². The van der Waals surface area contributed by atoms with Gasteiger partial charge in [0.25, 0.3) is 0 Å². The smallest absolute Gasteiger partial charge is 0.301 e. The minimum Gasteiger partial charge on any atom is -0.301 e. The fraction of sp³-hybridized carbons (Fsp3) is 0.111. The zero-order valence-electron chi connectivity index (χ0n) is 11.8. The zero-order valence-corrected chi connectivity index (χ0v) is 14.2. The number of hydrogen-bond donors (Lipinski definition) is 0. The second kappa shape index (κ2) is 6.81. The first-order chi connectivity index (χ1) is 10.5. The normalized spacial score (nSPS) is 11.3. The van der Waals surface area contributed by atoms with E-state index in [2.05, 4.69) is 11.1 Å². The Morgan fingerprint density at radius 3 is 2.43 bits per heavy atom. The van der Waals surface area contributed by atoms with Crippen molar-refractivity contribution < 1.29 is 33.3 Å². The zero-order chi connectivity index (χ0) is 15.7. The monoisotopic (exact) mass is 491 g/mol. The fourth-order valence-electron chi connectivity index (χ4n) is 2.31. The summed E-state index contributed by atoms with van der Waals surface area (Å²) in [5.74, 6) is 0. The van der Waals surface area contributed by atoms with Crippen molar-refractivity contribution in [3.63, 3.8) is 0 Å². The van der Waals surface area contributed by atoms with Gasteiger partial charge in [-0.1, -0.05) is 24.3 Å². The molecule has 1 aromatic heterocycles. The van der Waals surface area contributed by atoms with Crippen LogP contribution >= 0.6 is 0 Å². The number of hydrogen-bond acceptors (Lipinski definition) is 1. The van der Waals surface area contributed by atoms with Gasteiger partial charge in [-0.25, -0.2) is 0 Å². The third-order valence-electron chi connectivity index (χ3n) is 3.40. The Balaban J connectivity index is 0.00000192. The first-order valence-corrected chi connectivity index (χ1v) is 6.67. The van der Waals surface area contributed by atoms with Gasteiger partial charge in [0, 0.05) is 25.8 Å². The molecule has 119 valence electrons. The molecule has 0 aliphatic rings. The Morgan fingerprint density at radius 1 is 1.09 bits per heavy atom. The van der Waals surface area contributed by atoms with Crippen LogP contribution in [-0.4, -0.2) is 4.98 Å². The van der Waals surface area contributed by atoms with Crippen LogP contribution in [0.5, 0.6) is 0 Å². The average Bonchev–Trinajstić information content (AvgIpc) is 2.53. The molecule has 0 amide bonds. The molecule has 3 radical (unpaired) electrons. The van der Waals surface area contributed by atoms with Crippen LogP contribution in [0.15, 0.2) is 48.5 Å². The molecule has 0 aliphatic heterocycles. The molecule has 1 nitrogen and oxygen atoms in total. The number of halogens is 3. The van der Waals surface area contributed by atoms with Crippen molar-refractivity contribution in [2.75, 3.05) is 0 Å². The molecule has 0 saturated carbocycles. The van der Waals surface area contributed by atoms with Crippen molar-refractivity contribution in [1.82, 2.24) is 4.98 Å². The van der Waals surface area contributed by atoms with Crippen molar-refractivity contribution in [1.29, 1.82) is 0 Å². The van der Waals surface area contributed by atoms with Gasteiger partial charge in [-0.2, -0.15) is 13.2 Å². The number of aromatic nitrogens is 1. The van der Waals surface area contributed by atoms with Gasteiger partial charge in [0.2, 0.25) is 0 Å². The number of pyridine rings is 1. The van der Waals surface area contributed by atoms with E-state index in [1.807, 2.05) is 30.3 Å². The van der Waals surface area contributed by atoms with Crippen molar-refractivity contribution in [2.45, 2.75) is 12.6 Å². The molecule has 23 heavy (non-hydrogen) atoms. The van der Waals surface area contributed by atoms with Crippen molar-refractivity contribution in [2.24, 2.45) is 0 Å². The van der Waals surface area contributed by atoms with Gasteiger partial charge in [0.15, 0.2) is 0 Å². The van der Waals surface area contributed by atoms with E-state index in [0.29, 0.717) is 17.0 Å². The van der Waals surface area contributed by atoms with Crippen LogP contribution in [0.4, 0.5) is 13.2 Å². The molecule has 0 saturated heterocycles. The van der Waals surface area contributed by atoms with Crippen LogP contribution in [-0.2, 0) is 32.7 Å². The van der Waals surface area contributed by atoms with E-state index in [9.17, 15) is 13.2 Å². The maximum absolute atomic E-state index is 12.6. The predicted molar refractivity (Wildman–Crippen MR) is 79.0 cm³/mol. The third kappa shape index (κ3) is 3.62. The summed E-state index contributed by atoms with van der Waals surface area (Å²) in [6.45, 7) is 5.65. The summed E-state index contributed by atoms with van der Waals surface area (Å²) in [5, 5.41) is 1.80. The van der Waals surface area contributed by atoms with Gasteiger partial charge < -0.3 is 4.98 Å². The number of benzene rings is 2. The summed E-state index contributed by atoms with van der Waals surface area (Å²) in [4.78, 5) is 4.44. The Kier molecular flexibility index (Phi) is 5.22. The minimum atomic E-state index is -4.37. The van der Waals surface area contributed by atoms with Gasteiger partial charge in [-0.05, 0) is 41.4 Å². The van der Waals surface area contributed by atoms with Crippen LogP contribution in [0, 0.1) is 13.0 Å². The third-order valence-corrected chi connectivity index (χ3v) is 3.40. The van der Waals surface area contributed by atoms with Crippen LogP contribution in [0.3, 0.4) is 0 Å². The van der Waals surface area contributed by atoms with E-state index < -0.39 is 11.7 Å².